The van der Waals surface area contributed by atoms with E-state index in [1.165, 1.54) is 25.7 Å². The molecule has 1 aliphatic rings. The van der Waals surface area contributed by atoms with Crippen LogP contribution in [0.5, 0.6) is 0 Å². The van der Waals surface area contributed by atoms with Gasteiger partial charge < -0.3 is 4.98 Å². The molecule has 18 heavy (non-hydrogen) atoms. The Hall–Kier alpha value is -0.810. The molecule has 0 radical (unpaired) electrons. The second-order valence-electron chi connectivity index (χ2n) is 4.80. The molecule has 0 amide bonds. The molecule has 0 aliphatic heterocycles. The summed E-state index contributed by atoms with van der Waals surface area (Å²) in [7, 11) is 0. The van der Waals surface area contributed by atoms with Gasteiger partial charge in [0.25, 0.3) is 0 Å². The number of hydrogen-bond acceptors (Lipinski definition) is 3. The summed E-state index contributed by atoms with van der Waals surface area (Å²) in [4.78, 5) is 7.78. The van der Waals surface area contributed by atoms with Crippen molar-refractivity contribution >= 4 is 35.1 Å². The van der Waals surface area contributed by atoms with E-state index in [1.807, 2.05) is 30.1 Å². The number of nitrogens with zero attached hydrogens (tertiary/aromatic N) is 2. The maximum atomic E-state index is 5.49. The second-order valence-corrected chi connectivity index (χ2v) is 6.26. The Kier molecular flexibility index (Phi) is 3.43. The molecule has 2 atom stereocenters. The van der Waals surface area contributed by atoms with Crippen LogP contribution in [0, 0.1) is 4.77 Å². The average Bonchev–Trinajstić information content (AvgIpc) is 2.74. The first-order valence-corrected chi connectivity index (χ1v) is 8.09. The summed E-state index contributed by atoms with van der Waals surface area (Å²) in [6.07, 6.45) is 9.18. The molecule has 2 unspecified atom stereocenters. The molecule has 2 aromatic heterocycles. The van der Waals surface area contributed by atoms with Crippen molar-refractivity contribution in [2.24, 2.45) is 0 Å². The van der Waals surface area contributed by atoms with Crippen molar-refractivity contribution in [2.75, 3.05) is 6.26 Å². The topological polar surface area (TPSA) is 33.6 Å². The molecule has 2 heterocycles. The van der Waals surface area contributed by atoms with Crippen molar-refractivity contribution in [3.63, 3.8) is 0 Å². The highest BCUT2D eigenvalue weighted by Gasteiger charge is 2.27. The largest absolute Gasteiger partial charge is 0.329 e. The first-order valence-electron chi connectivity index (χ1n) is 6.39. The Morgan fingerprint density at radius 3 is 3.11 bits per heavy atom. The summed E-state index contributed by atoms with van der Waals surface area (Å²) in [6.45, 7) is 0. The summed E-state index contributed by atoms with van der Waals surface area (Å²) in [5, 5.41) is 0.659. The molecular formula is C13H17N3S2. The number of imidazole rings is 1. The fourth-order valence-corrected chi connectivity index (χ4v) is 4.22. The van der Waals surface area contributed by atoms with Gasteiger partial charge in [-0.25, -0.2) is 4.98 Å². The Morgan fingerprint density at radius 1 is 1.44 bits per heavy atom. The van der Waals surface area contributed by atoms with Crippen LogP contribution < -0.4 is 0 Å². The molecule has 0 saturated heterocycles. The lowest BCUT2D eigenvalue weighted by Gasteiger charge is -2.31. The SMILES string of the molecule is CSC1CCCCC1n1c(=S)[nH]c2cccnc21. The minimum absolute atomic E-state index is 0.491. The third-order valence-electron chi connectivity index (χ3n) is 3.78. The van der Waals surface area contributed by atoms with Crippen LogP contribution in [-0.2, 0) is 0 Å². The normalized spacial score (nSPS) is 24.5. The van der Waals surface area contributed by atoms with Crippen molar-refractivity contribution in [3.05, 3.63) is 23.1 Å². The van der Waals surface area contributed by atoms with E-state index in [0.29, 0.717) is 11.3 Å². The molecule has 3 nitrogen and oxygen atoms in total. The minimum atomic E-state index is 0.491. The Labute approximate surface area is 116 Å². The third-order valence-corrected chi connectivity index (χ3v) is 5.23. The fraction of sp³-hybridized carbons (Fsp3) is 0.538. The van der Waals surface area contributed by atoms with Gasteiger partial charge in [-0.15, -0.1) is 0 Å². The van der Waals surface area contributed by atoms with Gasteiger partial charge in [0.05, 0.1) is 5.52 Å². The molecule has 2 aromatic rings. The Morgan fingerprint density at radius 2 is 2.28 bits per heavy atom. The van der Waals surface area contributed by atoms with Crippen LogP contribution in [0.2, 0.25) is 0 Å². The van der Waals surface area contributed by atoms with Gasteiger partial charge in [0, 0.05) is 17.5 Å². The summed E-state index contributed by atoms with van der Waals surface area (Å²) in [5.74, 6) is 0. The average molecular weight is 279 g/mol. The van der Waals surface area contributed by atoms with Crippen LogP contribution in [0.1, 0.15) is 31.7 Å². The number of aromatic nitrogens is 3. The van der Waals surface area contributed by atoms with E-state index in [-0.39, 0.29) is 0 Å². The Balaban J connectivity index is 2.12. The zero-order valence-corrected chi connectivity index (χ0v) is 12.1. The predicted molar refractivity (Wildman–Crippen MR) is 79.7 cm³/mol. The van der Waals surface area contributed by atoms with Gasteiger partial charge in [0.15, 0.2) is 10.4 Å². The summed E-state index contributed by atoms with van der Waals surface area (Å²) in [6, 6.07) is 4.49. The van der Waals surface area contributed by atoms with Crippen LogP contribution in [0.4, 0.5) is 0 Å². The highest BCUT2D eigenvalue weighted by atomic mass is 32.2. The molecule has 5 heteroatoms. The van der Waals surface area contributed by atoms with Crippen LogP contribution in [0.25, 0.3) is 11.2 Å². The smallest absolute Gasteiger partial charge is 0.179 e. The first-order chi connectivity index (χ1) is 8.81. The van der Waals surface area contributed by atoms with E-state index >= 15 is 0 Å². The standard InChI is InChI=1S/C13H17N3S2/c1-18-11-7-3-2-6-10(11)16-12-9(15-13(16)17)5-4-8-14-12/h4-5,8,10-11H,2-3,6-7H2,1H3,(H,15,17). The van der Waals surface area contributed by atoms with E-state index in [4.69, 9.17) is 12.2 Å². The summed E-state index contributed by atoms with van der Waals surface area (Å²) in [5.41, 5.74) is 2.06. The molecular weight excluding hydrogens is 262 g/mol. The van der Waals surface area contributed by atoms with Gasteiger partial charge in [-0.3, -0.25) is 4.57 Å². The van der Waals surface area contributed by atoms with E-state index < -0.39 is 0 Å². The zero-order valence-electron chi connectivity index (χ0n) is 10.4. The summed E-state index contributed by atoms with van der Waals surface area (Å²) < 4.78 is 3.06. The highest BCUT2D eigenvalue weighted by molar-refractivity contribution is 7.99. The van der Waals surface area contributed by atoms with Gasteiger partial charge in [-0.1, -0.05) is 12.8 Å². The molecule has 0 bridgehead atoms. The van der Waals surface area contributed by atoms with E-state index in [0.717, 1.165) is 15.9 Å². The van der Waals surface area contributed by atoms with Gasteiger partial charge >= 0.3 is 0 Å². The fourth-order valence-electron chi connectivity index (χ4n) is 2.91. The van der Waals surface area contributed by atoms with Crippen molar-refractivity contribution in [1.29, 1.82) is 0 Å². The van der Waals surface area contributed by atoms with Crippen LogP contribution in [0.15, 0.2) is 18.3 Å². The minimum Gasteiger partial charge on any atom is -0.329 e. The van der Waals surface area contributed by atoms with Crippen molar-refractivity contribution in [2.45, 2.75) is 37.0 Å². The number of H-pyrrole nitrogens is 1. The third kappa shape index (κ3) is 1.99. The van der Waals surface area contributed by atoms with Gasteiger partial charge in [0.1, 0.15) is 0 Å². The monoisotopic (exact) mass is 279 g/mol. The first kappa shape index (κ1) is 12.2. The van der Waals surface area contributed by atoms with Crippen molar-refractivity contribution in [3.8, 4) is 0 Å². The van der Waals surface area contributed by atoms with Gasteiger partial charge in [-0.05, 0) is 43.4 Å². The quantitative estimate of drug-likeness (QED) is 0.845. The van der Waals surface area contributed by atoms with Gasteiger partial charge in [0.2, 0.25) is 0 Å². The van der Waals surface area contributed by atoms with Crippen molar-refractivity contribution in [1.82, 2.24) is 14.5 Å². The molecule has 3 rings (SSSR count). The number of pyridine rings is 1. The number of nitrogens with one attached hydrogen (secondary N) is 1. The molecule has 96 valence electrons. The van der Waals surface area contributed by atoms with E-state index in [9.17, 15) is 0 Å². The van der Waals surface area contributed by atoms with Crippen LogP contribution >= 0.6 is 24.0 Å². The number of hydrogen-bond donors (Lipinski definition) is 1. The van der Waals surface area contributed by atoms with Crippen LogP contribution in [0.3, 0.4) is 0 Å². The molecule has 1 N–H and O–H groups in total. The second kappa shape index (κ2) is 5.05. The highest BCUT2D eigenvalue weighted by Crippen LogP contribution is 2.37. The van der Waals surface area contributed by atoms with Crippen LogP contribution in [-0.4, -0.2) is 26.0 Å². The number of thioether (sulfide) groups is 1. The number of fused-ring (bicyclic) bond motifs is 1. The lowest BCUT2D eigenvalue weighted by molar-refractivity contribution is 0.367. The van der Waals surface area contributed by atoms with E-state index in [2.05, 4.69) is 20.8 Å². The maximum Gasteiger partial charge on any atom is 0.179 e. The molecule has 1 saturated carbocycles. The summed E-state index contributed by atoms with van der Waals surface area (Å²) >= 11 is 7.45. The predicted octanol–water partition coefficient (Wildman–Crippen LogP) is 3.94. The van der Waals surface area contributed by atoms with Crippen molar-refractivity contribution < 1.29 is 0 Å². The van der Waals surface area contributed by atoms with Gasteiger partial charge in [-0.2, -0.15) is 11.8 Å². The molecule has 1 fully saturated rings. The lowest BCUT2D eigenvalue weighted by Crippen LogP contribution is -2.25. The number of aromatic amines is 1. The molecule has 1 aliphatic carbocycles. The molecule has 0 aromatic carbocycles. The van der Waals surface area contributed by atoms with E-state index in [1.54, 1.807) is 0 Å². The maximum absolute atomic E-state index is 5.49. The zero-order chi connectivity index (χ0) is 12.5. The Bertz CT molecular complexity index is 602. The number of rotatable bonds is 2. The lowest BCUT2D eigenvalue weighted by atomic mass is 9.94. The molecule has 0 spiro atoms.